The summed E-state index contributed by atoms with van der Waals surface area (Å²) in [4.78, 5) is 12.1. The molecule has 2 unspecified atom stereocenters. The van der Waals surface area contributed by atoms with Crippen LogP contribution >= 0.6 is 0 Å². The summed E-state index contributed by atoms with van der Waals surface area (Å²) in [7, 11) is 1.62. The zero-order valence-electron chi connectivity index (χ0n) is 10.7. The Balaban J connectivity index is 1.97. The Labute approximate surface area is 108 Å². The van der Waals surface area contributed by atoms with Crippen molar-refractivity contribution in [3.8, 4) is 5.75 Å². The van der Waals surface area contributed by atoms with Crippen molar-refractivity contribution in [3.05, 3.63) is 24.3 Å². The van der Waals surface area contributed by atoms with Crippen molar-refractivity contribution < 1.29 is 9.53 Å². The van der Waals surface area contributed by atoms with Gasteiger partial charge < -0.3 is 15.8 Å². The Kier molecular flexibility index (Phi) is 4.20. The zero-order valence-corrected chi connectivity index (χ0v) is 10.7. The van der Waals surface area contributed by atoms with E-state index in [9.17, 15) is 4.79 Å². The van der Waals surface area contributed by atoms with Crippen LogP contribution < -0.4 is 15.8 Å². The molecule has 98 valence electrons. The van der Waals surface area contributed by atoms with Gasteiger partial charge in [0.1, 0.15) is 5.75 Å². The third kappa shape index (κ3) is 3.01. The lowest BCUT2D eigenvalue weighted by Crippen LogP contribution is -2.40. The minimum absolute atomic E-state index is 0.00278. The fourth-order valence-corrected chi connectivity index (χ4v) is 2.39. The molecule has 3 N–H and O–H groups in total. The third-order valence-electron chi connectivity index (χ3n) is 3.51. The van der Waals surface area contributed by atoms with Gasteiger partial charge in [0.25, 0.3) is 0 Å². The molecule has 1 aliphatic carbocycles. The molecule has 1 amide bonds. The van der Waals surface area contributed by atoms with Gasteiger partial charge in [-0.2, -0.15) is 0 Å². The first-order chi connectivity index (χ1) is 8.70. The molecule has 0 heterocycles. The molecule has 0 saturated heterocycles. The van der Waals surface area contributed by atoms with Gasteiger partial charge in [-0.1, -0.05) is 12.8 Å². The van der Waals surface area contributed by atoms with Crippen LogP contribution in [0.3, 0.4) is 0 Å². The Hall–Kier alpha value is -1.55. The standard InChI is InChI=1S/C14H20N2O2/c1-18-11-8-6-10(7-9-11)16-14(17)12-4-2-3-5-13(12)15/h6-9,12-13H,2-5,15H2,1H3,(H,16,17). The Morgan fingerprint density at radius 2 is 1.94 bits per heavy atom. The first-order valence-electron chi connectivity index (χ1n) is 6.41. The topological polar surface area (TPSA) is 64.3 Å². The summed E-state index contributed by atoms with van der Waals surface area (Å²) >= 11 is 0. The molecule has 1 aliphatic rings. The van der Waals surface area contributed by atoms with Crippen LogP contribution in [-0.4, -0.2) is 19.1 Å². The molecule has 1 aromatic carbocycles. The molecule has 1 aromatic rings. The quantitative estimate of drug-likeness (QED) is 0.861. The molecule has 4 heteroatoms. The van der Waals surface area contributed by atoms with Crippen LogP contribution in [0.4, 0.5) is 5.69 Å². The third-order valence-corrected chi connectivity index (χ3v) is 3.51. The van der Waals surface area contributed by atoms with E-state index >= 15 is 0 Å². The number of anilines is 1. The highest BCUT2D eigenvalue weighted by atomic mass is 16.5. The van der Waals surface area contributed by atoms with Crippen molar-refractivity contribution in [3.63, 3.8) is 0 Å². The van der Waals surface area contributed by atoms with Crippen molar-refractivity contribution in [1.82, 2.24) is 0 Å². The number of carbonyl (C=O) groups is 1. The summed E-state index contributed by atoms with van der Waals surface area (Å²) in [6.07, 6.45) is 4.06. The van der Waals surface area contributed by atoms with Crippen LogP contribution in [0.5, 0.6) is 5.75 Å². The Bertz CT molecular complexity index is 403. The Morgan fingerprint density at radius 3 is 2.56 bits per heavy atom. The second-order valence-corrected chi connectivity index (χ2v) is 4.77. The number of nitrogens with one attached hydrogen (secondary N) is 1. The summed E-state index contributed by atoms with van der Waals surface area (Å²) in [6.45, 7) is 0. The van der Waals surface area contributed by atoms with E-state index in [4.69, 9.17) is 10.5 Å². The van der Waals surface area contributed by atoms with Gasteiger partial charge in [0, 0.05) is 11.7 Å². The highest BCUT2D eigenvalue weighted by Crippen LogP contribution is 2.24. The maximum atomic E-state index is 12.1. The van der Waals surface area contributed by atoms with Gasteiger partial charge in [-0.25, -0.2) is 0 Å². The first-order valence-corrected chi connectivity index (χ1v) is 6.41. The van der Waals surface area contributed by atoms with E-state index in [0.717, 1.165) is 37.1 Å². The van der Waals surface area contributed by atoms with Crippen LogP contribution in [-0.2, 0) is 4.79 Å². The lowest BCUT2D eigenvalue weighted by Gasteiger charge is -2.27. The fraction of sp³-hybridized carbons (Fsp3) is 0.500. The largest absolute Gasteiger partial charge is 0.497 e. The zero-order chi connectivity index (χ0) is 13.0. The van der Waals surface area contributed by atoms with E-state index in [2.05, 4.69) is 5.32 Å². The van der Waals surface area contributed by atoms with E-state index in [-0.39, 0.29) is 17.9 Å². The van der Waals surface area contributed by atoms with Crippen molar-refractivity contribution in [2.45, 2.75) is 31.7 Å². The molecule has 18 heavy (non-hydrogen) atoms. The second kappa shape index (κ2) is 5.87. The number of methoxy groups -OCH3 is 1. The molecule has 0 bridgehead atoms. The second-order valence-electron chi connectivity index (χ2n) is 4.77. The fourth-order valence-electron chi connectivity index (χ4n) is 2.39. The van der Waals surface area contributed by atoms with E-state index in [0.29, 0.717) is 0 Å². The number of rotatable bonds is 3. The molecular formula is C14H20N2O2. The predicted molar refractivity (Wildman–Crippen MR) is 71.6 cm³/mol. The van der Waals surface area contributed by atoms with Gasteiger partial charge in [0.15, 0.2) is 0 Å². The van der Waals surface area contributed by atoms with E-state index < -0.39 is 0 Å². The smallest absolute Gasteiger partial charge is 0.229 e. The first kappa shape index (κ1) is 12.9. The Morgan fingerprint density at radius 1 is 1.28 bits per heavy atom. The molecule has 2 rings (SSSR count). The molecule has 1 saturated carbocycles. The molecule has 0 aromatic heterocycles. The number of ether oxygens (including phenoxy) is 1. The minimum atomic E-state index is -0.0548. The van der Waals surface area contributed by atoms with Gasteiger partial charge >= 0.3 is 0 Å². The molecular weight excluding hydrogens is 228 g/mol. The van der Waals surface area contributed by atoms with Gasteiger partial charge in [-0.3, -0.25) is 4.79 Å². The van der Waals surface area contributed by atoms with Gasteiger partial charge in [-0.05, 0) is 37.1 Å². The molecule has 4 nitrogen and oxygen atoms in total. The normalized spacial score (nSPS) is 23.4. The number of carbonyl (C=O) groups excluding carboxylic acids is 1. The SMILES string of the molecule is COc1ccc(NC(=O)C2CCCCC2N)cc1. The molecule has 0 aliphatic heterocycles. The van der Waals surface area contributed by atoms with E-state index in [1.165, 1.54) is 0 Å². The van der Waals surface area contributed by atoms with Crippen LogP contribution in [0.25, 0.3) is 0 Å². The summed E-state index contributed by atoms with van der Waals surface area (Å²) < 4.78 is 5.07. The predicted octanol–water partition coefficient (Wildman–Crippen LogP) is 2.15. The number of amides is 1. The van der Waals surface area contributed by atoms with E-state index in [1.54, 1.807) is 7.11 Å². The lowest BCUT2D eigenvalue weighted by atomic mass is 9.84. The number of benzene rings is 1. The molecule has 0 radical (unpaired) electrons. The van der Waals surface area contributed by atoms with Crippen molar-refractivity contribution in [2.75, 3.05) is 12.4 Å². The minimum Gasteiger partial charge on any atom is -0.497 e. The van der Waals surface area contributed by atoms with E-state index in [1.807, 2.05) is 24.3 Å². The highest BCUT2D eigenvalue weighted by molar-refractivity contribution is 5.93. The summed E-state index contributed by atoms with van der Waals surface area (Å²) in [6, 6.07) is 7.33. The lowest BCUT2D eigenvalue weighted by molar-refractivity contribution is -0.121. The van der Waals surface area contributed by atoms with Crippen molar-refractivity contribution in [2.24, 2.45) is 11.7 Å². The average molecular weight is 248 g/mol. The molecule has 1 fully saturated rings. The number of hydrogen-bond acceptors (Lipinski definition) is 3. The van der Waals surface area contributed by atoms with Crippen molar-refractivity contribution >= 4 is 11.6 Å². The highest BCUT2D eigenvalue weighted by Gasteiger charge is 2.28. The monoisotopic (exact) mass is 248 g/mol. The van der Waals surface area contributed by atoms with Gasteiger partial charge in [0.05, 0.1) is 13.0 Å². The molecule has 2 atom stereocenters. The number of nitrogens with two attached hydrogens (primary N) is 1. The van der Waals surface area contributed by atoms with Gasteiger partial charge in [-0.15, -0.1) is 0 Å². The average Bonchev–Trinajstić information content (AvgIpc) is 2.40. The number of hydrogen-bond donors (Lipinski definition) is 2. The van der Waals surface area contributed by atoms with Crippen LogP contribution in [0.1, 0.15) is 25.7 Å². The maximum Gasteiger partial charge on any atom is 0.229 e. The maximum absolute atomic E-state index is 12.1. The summed E-state index contributed by atoms with van der Waals surface area (Å²) in [5, 5.41) is 2.92. The van der Waals surface area contributed by atoms with Crippen molar-refractivity contribution in [1.29, 1.82) is 0 Å². The van der Waals surface area contributed by atoms with Crippen LogP contribution in [0.15, 0.2) is 24.3 Å². The molecule has 0 spiro atoms. The summed E-state index contributed by atoms with van der Waals surface area (Å²) in [5.74, 6) is 0.760. The van der Waals surface area contributed by atoms with Crippen LogP contribution in [0, 0.1) is 5.92 Å². The summed E-state index contributed by atoms with van der Waals surface area (Å²) in [5.41, 5.74) is 6.79. The van der Waals surface area contributed by atoms with Gasteiger partial charge in [0.2, 0.25) is 5.91 Å². The van der Waals surface area contributed by atoms with Crippen LogP contribution in [0.2, 0.25) is 0 Å².